The van der Waals surface area contributed by atoms with Crippen molar-refractivity contribution >= 4 is 17.2 Å². The largest absolute Gasteiger partial charge is 0.394 e. The fraction of sp³-hybridized carbons (Fsp3) is 0.615. The van der Waals surface area contributed by atoms with E-state index < -0.39 is 0 Å². The van der Waals surface area contributed by atoms with Gasteiger partial charge in [-0.1, -0.05) is 6.07 Å². The molecule has 0 aliphatic carbocycles. The number of carbonyl (C=O) groups excluding carboxylic acids is 1. The molecule has 0 spiro atoms. The molecular formula is C13H20N2O3S. The average Bonchev–Trinajstić information content (AvgIpc) is 2.88. The van der Waals surface area contributed by atoms with Crippen molar-refractivity contribution in [3.63, 3.8) is 0 Å². The summed E-state index contributed by atoms with van der Waals surface area (Å²) in [5, 5.41) is 14.0. The fourth-order valence-electron chi connectivity index (χ4n) is 2.23. The smallest absolute Gasteiger partial charge is 0.234 e. The van der Waals surface area contributed by atoms with Crippen LogP contribution in [0.15, 0.2) is 17.5 Å². The number of aliphatic hydroxyl groups is 1. The Kier molecular flexibility index (Phi) is 5.33. The number of ether oxygens (including phenoxy) is 1. The maximum Gasteiger partial charge on any atom is 0.234 e. The van der Waals surface area contributed by atoms with Crippen LogP contribution in [0.3, 0.4) is 0 Å². The molecule has 19 heavy (non-hydrogen) atoms. The standard InChI is InChI=1S/C13H20N2O3S/c1-10-6-15(7-11(9-16)18-10)8-13(17)14-5-12-3-2-4-19-12/h2-4,10-11,16H,5-9H2,1H3,(H,14,17). The molecule has 6 heteroatoms. The quantitative estimate of drug-likeness (QED) is 0.824. The number of nitrogens with zero attached hydrogens (tertiary/aromatic N) is 1. The van der Waals surface area contributed by atoms with Crippen LogP contribution in [-0.2, 0) is 16.1 Å². The zero-order valence-corrected chi connectivity index (χ0v) is 11.9. The molecule has 1 aliphatic rings. The molecule has 1 saturated heterocycles. The lowest BCUT2D eigenvalue weighted by Gasteiger charge is -2.35. The van der Waals surface area contributed by atoms with Crippen molar-refractivity contribution in [2.45, 2.75) is 25.7 Å². The molecule has 2 rings (SSSR count). The molecule has 5 nitrogen and oxygen atoms in total. The molecule has 2 heterocycles. The molecule has 106 valence electrons. The molecule has 2 atom stereocenters. The number of carbonyl (C=O) groups is 1. The van der Waals surface area contributed by atoms with Crippen molar-refractivity contribution in [2.24, 2.45) is 0 Å². The summed E-state index contributed by atoms with van der Waals surface area (Å²) in [6.45, 7) is 4.22. The zero-order chi connectivity index (χ0) is 13.7. The SMILES string of the molecule is CC1CN(CC(=O)NCc2cccs2)CC(CO)O1. The molecule has 0 aromatic carbocycles. The number of hydrogen-bond acceptors (Lipinski definition) is 5. The molecule has 1 aromatic rings. The Hall–Kier alpha value is -0.950. The number of amides is 1. The van der Waals surface area contributed by atoms with Crippen LogP contribution in [0.1, 0.15) is 11.8 Å². The lowest BCUT2D eigenvalue weighted by Crippen LogP contribution is -2.50. The topological polar surface area (TPSA) is 61.8 Å². The predicted octanol–water partition coefficient (Wildman–Crippen LogP) is 0.446. The summed E-state index contributed by atoms with van der Waals surface area (Å²) in [6, 6.07) is 3.98. The van der Waals surface area contributed by atoms with Gasteiger partial charge in [-0.3, -0.25) is 9.69 Å². The molecule has 0 radical (unpaired) electrons. The first-order valence-corrected chi connectivity index (χ1v) is 7.33. The predicted molar refractivity (Wildman–Crippen MR) is 74.0 cm³/mol. The second-order valence-electron chi connectivity index (χ2n) is 4.80. The minimum absolute atomic E-state index is 0.00233. The van der Waals surface area contributed by atoms with E-state index in [2.05, 4.69) is 5.32 Å². The summed E-state index contributed by atoms with van der Waals surface area (Å²) in [5.41, 5.74) is 0. The van der Waals surface area contributed by atoms with Gasteiger partial charge < -0.3 is 15.2 Å². The highest BCUT2D eigenvalue weighted by molar-refractivity contribution is 7.09. The number of rotatable bonds is 5. The molecule has 2 unspecified atom stereocenters. The Labute approximate surface area is 117 Å². The van der Waals surface area contributed by atoms with Crippen LogP contribution >= 0.6 is 11.3 Å². The van der Waals surface area contributed by atoms with Crippen molar-refractivity contribution in [3.8, 4) is 0 Å². The van der Waals surface area contributed by atoms with E-state index in [1.165, 1.54) is 0 Å². The third kappa shape index (κ3) is 4.58. The Bertz CT molecular complexity index is 397. The van der Waals surface area contributed by atoms with E-state index in [0.29, 0.717) is 19.6 Å². The number of nitrogens with one attached hydrogen (secondary N) is 1. The summed E-state index contributed by atoms with van der Waals surface area (Å²) in [5.74, 6) is 0.0131. The van der Waals surface area contributed by atoms with Gasteiger partial charge in [0.1, 0.15) is 0 Å². The van der Waals surface area contributed by atoms with E-state index in [1.807, 2.05) is 29.3 Å². The van der Waals surface area contributed by atoms with Gasteiger partial charge >= 0.3 is 0 Å². The Morgan fingerprint density at radius 2 is 2.47 bits per heavy atom. The first kappa shape index (κ1) is 14.5. The van der Waals surface area contributed by atoms with Gasteiger partial charge in [0.15, 0.2) is 0 Å². The van der Waals surface area contributed by atoms with E-state index in [9.17, 15) is 4.79 Å². The average molecular weight is 284 g/mol. The third-order valence-electron chi connectivity index (χ3n) is 3.01. The Morgan fingerprint density at radius 3 is 3.16 bits per heavy atom. The fourth-order valence-corrected chi connectivity index (χ4v) is 2.87. The van der Waals surface area contributed by atoms with Crippen LogP contribution in [0.5, 0.6) is 0 Å². The maximum absolute atomic E-state index is 11.9. The molecular weight excluding hydrogens is 264 g/mol. The molecule has 2 N–H and O–H groups in total. The summed E-state index contributed by atoms with van der Waals surface area (Å²) >= 11 is 1.63. The van der Waals surface area contributed by atoms with E-state index >= 15 is 0 Å². The minimum atomic E-state index is -0.186. The van der Waals surface area contributed by atoms with Crippen LogP contribution < -0.4 is 5.32 Å². The number of morpholine rings is 1. The van der Waals surface area contributed by atoms with Crippen molar-refractivity contribution in [1.29, 1.82) is 0 Å². The van der Waals surface area contributed by atoms with E-state index in [4.69, 9.17) is 9.84 Å². The second-order valence-corrected chi connectivity index (χ2v) is 5.83. The van der Waals surface area contributed by atoms with Crippen LogP contribution in [0.25, 0.3) is 0 Å². The van der Waals surface area contributed by atoms with Gasteiger partial charge in [-0.25, -0.2) is 0 Å². The Morgan fingerprint density at radius 1 is 1.63 bits per heavy atom. The summed E-state index contributed by atoms with van der Waals surface area (Å²) in [4.78, 5) is 15.0. The van der Waals surface area contributed by atoms with Crippen LogP contribution in [0, 0.1) is 0 Å². The normalized spacial score (nSPS) is 24.3. The van der Waals surface area contributed by atoms with Gasteiger partial charge in [0, 0.05) is 18.0 Å². The van der Waals surface area contributed by atoms with E-state index in [0.717, 1.165) is 11.4 Å². The van der Waals surface area contributed by atoms with Gasteiger partial charge in [-0.15, -0.1) is 11.3 Å². The molecule has 0 bridgehead atoms. The lowest BCUT2D eigenvalue weighted by molar-refractivity contribution is -0.128. The number of hydrogen-bond donors (Lipinski definition) is 2. The van der Waals surface area contributed by atoms with Gasteiger partial charge in [0.25, 0.3) is 0 Å². The summed E-state index contributed by atoms with van der Waals surface area (Å²) < 4.78 is 5.54. The molecule has 1 amide bonds. The first-order chi connectivity index (χ1) is 9.17. The Balaban J connectivity index is 1.75. The van der Waals surface area contributed by atoms with Gasteiger partial charge in [-0.2, -0.15) is 0 Å². The van der Waals surface area contributed by atoms with Crippen molar-refractivity contribution in [3.05, 3.63) is 22.4 Å². The van der Waals surface area contributed by atoms with Crippen molar-refractivity contribution in [2.75, 3.05) is 26.2 Å². The number of aliphatic hydroxyl groups excluding tert-OH is 1. The van der Waals surface area contributed by atoms with Gasteiger partial charge in [0.05, 0.1) is 31.9 Å². The number of thiophene rings is 1. The summed E-state index contributed by atoms with van der Waals surface area (Å²) in [6.07, 6.45) is -0.134. The zero-order valence-electron chi connectivity index (χ0n) is 11.0. The van der Waals surface area contributed by atoms with Crippen LogP contribution in [0.4, 0.5) is 0 Å². The molecule has 1 aromatic heterocycles. The summed E-state index contributed by atoms with van der Waals surface area (Å²) in [7, 11) is 0. The van der Waals surface area contributed by atoms with Gasteiger partial charge in [0.2, 0.25) is 5.91 Å². The lowest BCUT2D eigenvalue weighted by atomic mass is 10.2. The first-order valence-electron chi connectivity index (χ1n) is 6.45. The van der Waals surface area contributed by atoms with Crippen molar-refractivity contribution in [1.82, 2.24) is 10.2 Å². The van der Waals surface area contributed by atoms with Crippen LogP contribution in [0.2, 0.25) is 0 Å². The van der Waals surface area contributed by atoms with E-state index in [-0.39, 0.29) is 24.7 Å². The maximum atomic E-state index is 11.9. The highest BCUT2D eigenvalue weighted by atomic mass is 32.1. The molecule has 1 aliphatic heterocycles. The van der Waals surface area contributed by atoms with E-state index in [1.54, 1.807) is 11.3 Å². The minimum Gasteiger partial charge on any atom is -0.394 e. The van der Waals surface area contributed by atoms with Gasteiger partial charge in [-0.05, 0) is 18.4 Å². The highest BCUT2D eigenvalue weighted by Gasteiger charge is 2.25. The monoisotopic (exact) mass is 284 g/mol. The highest BCUT2D eigenvalue weighted by Crippen LogP contribution is 2.10. The van der Waals surface area contributed by atoms with Crippen molar-refractivity contribution < 1.29 is 14.6 Å². The third-order valence-corrected chi connectivity index (χ3v) is 3.89. The molecule has 1 fully saturated rings. The second kappa shape index (κ2) is 7.00. The molecule has 0 saturated carbocycles. The van der Waals surface area contributed by atoms with Crippen LogP contribution in [-0.4, -0.2) is 54.4 Å².